The van der Waals surface area contributed by atoms with Crippen molar-refractivity contribution in [2.45, 2.75) is 59.7 Å². The van der Waals surface area contributed by atoms with Crippen molar-refractivity contribution in [3.63, 3.8) is 0 Å². The molecule has 1 aromatic rings. The van der Waals surface area contributed by atoms with E-state index in [2.05, 4.69) is 76.6 Å². The van der Waals surface area contributed by atoms with Gasteiger partial charge in [0.05, 0.1) is 0 Å². The highest BCUT2D eigenvalue weighted by molar-refractivity contribution is 9.10. The maximum absolute atomic E-state index is 6.48. The highest BCUT2D eigenvalue weighted by Gasteiger charge is 2.39. The summed E-state index contributed by atoms with van der Waals surface area (Å²) in [7, 11) is -1.76. The fraction of sp³-hybridized carbons (Fsp3) is 0.600. The molecule has 0 aliphatic heterocycles. The molecule has 0 aliphatic rings. The van der Waals surface area contributed by atoms with E-state index in [9.17, 15) is 0 Å². The quantitative estimate of drug-likeness (QED) is 0.627. The van der Waals surface area contributed by atoms with Crippen LogP contribution in [-0.2, 0) is 0 Å². The Morgan fingerprint density at radius 2 is 1.56 bits per heavy atom. The smallest absolute Gasteiger partial charge is 0.250 e. The van der Waals surface area contributed by atoms with Crippen LogP contribution in [0.5, 0.6) is 5.75 Å². The first-order valence-corrected chi connectivity index (χ1v) is 10.1. The molecule has 0 fully saturated rings. The number of rotatable bonds is 2. The molecule has 0 spiro atoms. The van der Waals surface area contributed by atoms with Gasteiger partial charge in [0.2, 0.25) is 0 Å². The van der Waals surface area contributed by atoms with Crippen LogP contribution in [0.25, 0.3) is 0 Å². The Hall–Kier alpha value is -0.283. The van der Waals surface area contributed by atoms with E-state index in [-0.39, 0.29) is 5.04 Å². The predicted octanol–water partition coefficient (Wildman–Crippen LogP) is 5.76. The van der Waals surface area contributed by atoms with Crippen molar-refractivity contribution < 1.29 is 4.43 Å². The van der Waals surface area contributed by atoms with Crippen LogP contribution in [0.3, 0.4) is 0 Å². The van der Waals surface area contributed by atoms with Crippen molar-refractivity contribution in [2.24, 2.45) is 0 Å². The first-order chi connectivity index (χ1) is 7.97. The van der Waals surface area contributed by atoms with Crippen LogP contribution in [0.2, 0.25) is 18.1 Å². The van der Waals surface area contributed by atoms with Gasteiger partial charge in [-0.05, 0) is 61.7 Å². The molecule has 0 N–H and O–H groups in total. The minimum absolute atomic E-state index is 0.229. The summed E-state index contributed by atoms with van der Waals surface area (Å²) >= 11 is 3.61. The molecule has 1 rings (SSSR count). The molecule has 3 heteroatoms. The van der Waals surface area contributed by atoms with E-state index in [0.717, 1.165) is 5.75 Å². The summed E-state index contributed by atoms with van der Waals surface area (Å²) in [5, 5.41) is 0.229. The third kappa shape index (κ3) is 2.99. The Kier molecular flexibility index (Phi) is 4.39. The van der Waals surface area contributed by atoms with Crippen molar-refractivity contribution in [1.29, 1.82) is 0 Å². The molecule has 0 heterocycles. The van der Waals surface area contributed by atoms with Gasteiger partial charge in [0.1, 0.15) is 5.75 Å². The monoisotopic (exact) mass is 328 g/mol. The molecule has 102 valence electrons. The van der Waals surface area contributed by atoms with E-state index in [4.69, 9.17) is 4.43 Å². The molecular weight excluding hydrogens is 304 g/mol. The average molecular weight is 329 g/mol. The number of hydrogen-bond donors (Lipinski definition) is 0. The first kappa shape index (κ1) is 15.8. The second-order valence-electron chi connectivity index (χ2n) is 6.62. The van der Waals surface area contributed by atoms with Gasteiger partial charge in [-0.1, -0.05) is 36.7 Å². The van der Waals surface area contributed by atoms with Gasteiger partial charge in [-0.2, -0.15) is 0 Å². The van der Waals surface area contributed by atoms with E-state index in [0.29, 0.717) is 0 Å². The highest BCUT2D eigenvalue weighted by Crippen LogP contribution is 2.40. The second kappa shape index (κ2) is 5.01. The van der Waals surface area contributed by atoms with Crippen molar-refractivity contribution in [3.05, 3.63) is 27.2 Å². The molecule has 0 saturated carbocycles. The third-order valence-corrected chi connectivity index (χ3v) is 9.28. The summed E-state index contributed by atoms with van der Waals surface area (Å²) in [4.78, 5) is 0. The zero-order valence-electron chi connectivity index (χ0n) is 12.9. The second-order valence-corrected chi connectivity index (χ2v) is 12.2. The van der Waals surface area contributed by atoms with Crippen molar-refractivity contribution in [3.8, 4) is 5.75 Å². The van der Waals surface area contributed by atoms with Gasteiger partial charge in [0, 0.05) is 4.47 Å². The zero-order valence-corrected chi connectivity index (χ0v) is 15.4. The topological polar surface area (TPSA) is 9.23 Å². The van der Waals surface area contributed by atoms with Crippen molar-refractivity contribution in [2.75, 3.05) is 0 Å². The van der Waals surface area contributed by atoms with E-state index < -0.39 is 8.32 Å². The standard InChI is InChI=1S/C15H25BrOSi/c1-10-9-13(16)11(2)12(3)14(10)17-18(7,8)15(4,5)6/h9H,1-8H3. The lowest BCUT2D eigenvalue weighted by Gasteiger charge is -2.37. The molecule has 0 radical (unpaired) electrons. The van der Waals surface area contributed by atoms with E-state index in [1.54, 1.807) is 0 Å². The largest absolute Gasteiger partial charge is 0.543 e. The van der Waals surface area contributed by atoms with Crippen LogP contribution in [0.4, 0.5) is 0 Å². The summed E-state index contributed by atoms with van der Waals surface area (Å²) in [6.45, 7) is 17.8. The van der Waals surface area contributed by atoms with Gasteiger partial charge < -0.3 is 4.43 Å². The minimum Gasteiger partial charge on any atom is -0.543 e. The lowest BCUT2D eigenvalue weighted by Crippen LogP contribution is -2.44. The van der Waals surface area contributed by atoms with Crippen molar-refractivity contribution in [1.82, 2.24) is 0 Å². The molecule has 0 bridgehead atoms. The van der Waals surface area contributed by atoms with Crippen LogP contribution in [0.15, 0.2) is 10.5 Å². The molecule has 18 heavy (non-hydrogen) atoms. The SMILES string of the molecule is Cc1cc(Br)c(C)c(C)c1O[Si](C)(C)C(C)(C)C. The van der Waals surface area contributed by atoms with Crippen molar-refractivity contribution >= 4 is 24.2 Å². The van der Waals surface area contributed by atoms with E-state index in [1.165, 1.54) is 21.2 Å². The van der Waals surface area contributed by atoms with Crippen LogP contribution in [0, 0.1) is 20.8 Å². The normalized spacial score (nSPS) is 12.7. The average Bonchev–Trinajstić information content (AvgIpc) is 2.20. The fourth-order valence-electron chi connectivity index (χ4n) is 1.57. The highest BCUT2D eigenvalue weighted by atomic mass is 79.9. The van der Waals surface area contributed by atoms with Gasteiger partial charge in [0.25, 0.3) is 8.32 Å². The fourth-order valence-corrected chi connectivity index (χ4v) is 3.35. The van der Waals surface area contributed by atoms with Crippen LogP contribution < -0.4 is 4.43 Å². The lowest BCUT2D eigenvalue weighted by atomic mass is 10.1. The maximum Gasteiger partial charge on any atom is 0.250 e. The Bertz CT molecular complexity index is 459. The minimum atomic E-state index is -1.76. The number of aryl methyl sites for hydroxylation is 1. The summed E-state index contributed by atoms with van der Waals surface area (Å²) in [6.07, 6.45) is 0. The molecule has 0 saturated heterocycles. The van der Waals surface area contributed by atoms with Gasteiger partial charge >= 0.3 is 0 Å². The summed E-state index contributed by atoms with van der Waals surface area (Å²) in [5.74, 6) is 1.09. The first-order valence-electron chi connectivity index (χ1n) is 6.42. The van der Waals surface area contributed by atoms with Gasteiger partial charge in [-0.3, -0.25) is 0 Å². The molecule has 0 aromatic heterocycles. The summed E-state index contributed by atoms with van der Waals surface area (Å²) in [5.41, 5.74) is 3.75. The zero-order chi connectivity index (χ0) is 14.3. The van der Waals surface area contributed by atoms with Crippen LogP contribution in [-0.4, -0.2) is 8.32 Å². The molecule has 0 atom stereocenters. The van der Waals surface area contributed by atoms with Gasteiger partial charge in [0.15, 0.2) is 0 Å². The number of halogens is 1. The molecular formula is C15H25BrOSi. The molecule has 0 amide bonds. The lowest BCUT2D eigenvalue weighted by molar-refractivity contribution is 0.485. The Morgan fingerprint density at radius 1 is 1.06 bits per heavy atom. The maximum atomic E-state index is 6.48. The molecule has 0 aliphatic carbocycles. The van der Waals surface area contributed by atoms with E-state index >= 15 is 0 Å². The Labute approximate surface area is 121 Å². The predicted molar refractivity (Wildman–Crippen MR) is 86.2 cm³/mol. The molecule has 1 aromatic carbocycles. The van der Waals surface area contributed by atoms with E-state index in [1.807, 2.05) is 0 Å². The number of hydrogen-bond acceptors (Lipinski definition) is 1. The Balaban J connectivity index is 3.25. The third-order valence-electron chi connectivity index (χ3n) is 4.13. The summed E-state index contributed by atoms with van der Waals surface area (Å²) in [6, 6.07) is 2.16. The van der Waals surface area contributed by atoms with Crippen LogP contribution >= 0.6 is 15.9 Å². The van der Waals surface area contributed by atoms with Crippen LogP contribution in [0.1, 0.15) is 37.5 Å². The molecule has 1 nitrogen and oxygen atoms in total. The molecule has 0 unspecified atom stereocenters. The number of benzene rings is 1. The summed E-state index contributed by atoms with van der Waals surface area (Å²) < 4.78 is 7.65. The van der Waals surface area contributed by atoms with Gasteiger partial charge in [-0.15, -0.1) is 0 Å². The Morgan fingerprint density at radius 3 is 2.00 bits per heavy atom. The van der Waals surface area contributed by atoms with Gasteiger partial charge in [-0.25, -0.2) is 0 Å².